The number of aryl methyl sites for hydroxylation is 1. The molecule has 0 radical (unpaired) electrons. The van der Waals surface area contributed by atoms with E-state index < -0.39 is 18.0 Å². The third-order valence-corrected chi connectivity index (χ3v) is 2.38. The van der Waals surface area contributed by atoms with Crippen LogP contribution in [0.2, 0.25) is 0 Å². The van der Waals surface area contributed by atoms with Crippen LogP contribution in [-0.4, -0.2) is 25.7 Å². The molecular formula is C10H16N2O3. The summed E-state index contributed by atoms with van der Waals surface area (Å²) in [5.41, 5.74) is 0.562. The Morgan fingerprint density at radius 1 is 1.67 bits per heavy atom. The van der Waals surface area contributed by atoms with Crippen molar-refractivity contribution in [1.82, 2.24) is 9.55 Å². The van der Waals surface area contributed by atoms with Crippen molar-refractivity contribution >= 4 is 5.97 Å². The van der Waals surface area contributed by atoms with Gasteiger partial charge in [-0.1, -0.05) is 6.92 Å². The maximum absolute atomic E-state index is 10.7. The van der Waals surface area contributed by atoms with Crippen LogP contribution in [0, 0.1) is 5.92 Å². The molecular weight excluding hydrogens is 196 g/mol. The number of hydrogen-bond acceptors (Lipinski definition) is 3. The second-order valence-electron chi connectivity index (χ2n) is 3.58. The number of aromatic nitrogens is 2. The predicted molar refractivity (Wildman–Crippen MR) is 54.3 cm³/mol. The van der Waals surface area contributed by atoms with Crippen molar-refractivity contribution in [2.75, 3.05) is 0 Å². The monoisotopic (exact) mass is 212 g/mol. The lowest BCUT2D eigenvalue weighted by atomic mass is 10.0. The van der Waals surface area contributed by atoms with E-state index in [4.69, 9.17) is 5.11 Å². The molecule has 5 nitrogen and oxygen atoms in total. The highest BCUT2D eigenvalue weighted by Crippen LogP contribution is 2.21. The van der Waals surface area contributed by atoms with Gasteiger partial charge in [0.25, 0.3) is 0 Å². The van der Waals surface area contributed by atoms with Gasteiger partial charge in [-0.25, -0.2) is 4.98 Å². The lowest BCUT2D eigenvalue weighted by molar-refractivity contribution is -0.145. The number of carboxylic acids is 1. The van der Waals surface area contributed by atoms with E-state index in [1.807, 2.05) is 6.92 Å². The van der Waals surface area contributed by atoms with Gasteiger partial charge in [0.1, 0.15) is 6.10 Å². The molecule has 0 saturated heterocycles. The number of rotatable bonds is 5. The van der Waals surface area contributed by atoms with Gasteiger partial charge in [-0.05, 0) is 13.3 Å². The molecule has 2 N–H and O–H groups in total. The molecule has 5 heteroatoms. The lowest BCUT2D eigenvalue weighted by Gasteiger charge is -2.16. The minimum absolute atomic E-state index is 0.562. The number of carboxylic acid groups (broad SMARTS) is 1. The number of imidazole rings is 1. The SMILES string of the molecule is CCCn1cncc1C(O)C(C)C(=O)O. The number of carbonyl (C=O) groups is 1. The maximum Gasteiger partial charge on any atom is 0.309 e. The number of aliphatic hydroxyl groups is 1. The van der Waals surface area contributed by atoms with Gasteiger partial charge in [0.2, 0.25) is 0 Å². The summed E-state index contributed by atoms with van der Waals surface area (Å²) in [4.78, 5) is 14.6. The fourth-order valence-corrected chi connectivity index (χ4v) is 1.40. The molecule has 15 heavy (non-hydrogen) atoms. The minimum Gasteiger partial charge on any atom is -0.481 e. The van der Waals surface area contributed by atoms with Crippen LogP contribution in [0.15, 0.2) is 12.5 Å². The number of aliphatic carboxylic acids is 1. The van der Waals surface area contributed by atoms with Gasteiger partial charge in [-0.2, -0.15) is 0 Å². The predicted octanol–water partition coefficient (Wildman–Crippen LogP) is 1.05. The molecule has 0 aliphatic rings. The van der Waals surface area contributed by atoms with Gasteiger partial charge in [0.15, 0.2) is 0 Å². The van der Waals surface area contributed by atoms with Crippen LogP contribution in [0.1, 0.15) is 32.1 Å². The van der Waals surface area contributed by atoms with E-state index in [9.17, 15) is 9.90 Å². The van der Waals surface area contributed by atoms with Gasteiger partial charge >= 0.3 is 5.97 Å². The third-order valence-electron chi connectivity index (χ3n) is 2.38. The highest BCUT2D eigenvalue weighted by molar-refractivity contribution is 5.70. The zero-order chi connectivity index (χ0) is 11.4. The van der Waals surface area contributed by atoms with Crippen LogP contribution in [0.5, 0.6) is 0 Å². The normalized spacial score (nSPS) is 14.9. The van der Waals surface area contributed by atoms with E-state index in [2.05, 4.69) is 4.98 Å². The van der Waals surface area contributed by atoms with E-state index in [1.165, 1.54) is 13.1 Å². The topological polar surface area (TPSA) is 75.3 Å². The summed E-state index contributed by atoms with van der Waals surface area (Å²) < 4.78 is 1.78. The molecule has 0 aromatic carbocycles. The van der Waals surface area contributed by atoms with Gasteiger partial charge < -0.3 is 14.8 Å². The number of aliphatic hydroxyl groups excluding tert-OH is 1. The highest BCUT2D eigenvalue weighted by atomic mass is 16.4. The summed E-state index contributed by atoms with van der Waals surface area (Å²) in [6.45, 7) is 4.23. The molecule has 0 fully saturated rings. The van der Waals surface area contributed by atoms with Gasteiger partial charge in [0.05, 0.1) is 24.1 Å². The largest absolute Gasteiger partial charge is 0.481 e. The maximum atomic E-state index is 10.7. The van der Waals surface area contributed by atoms with Gasteiger partial charge in [-0.15, -0.1) is 0 Å². The van der Waals surface area contributed by atoms with Crippen LogP contribution in [0.25, 0.3) is 0 Å². The Hall–Kier alpha value is -1.36. The molecule has 1 rings (SSSR count). The molecule has 84 valence electrons. The van der Waals surface area contributed by atoms with Crippen LogP contribution in [0.3, 0.4) is 0 Å². The van der Waals surface area contributed by atoms with Gasteiger partial charge in [0, 0.05) is 6.54 Å². The van der Waals surface area contributed by atoms with Crippen LogP contribution < -0.4 is 0 Å². The van der Waals surface area contributed by atoms with E-state index >= 15 is 0 Å². The molecule has 0 aliphatic heterocycles. The molecule has 0 saturated carbocycles. The molecule has 1 aromatic heterocycles. The van der Waals surface area contributed by atoms with Crippen molar-refractivity contribution in [3.63, 3.8) is 0 Å². The van der Waals surface area contributed by atoms with Crippen molar-refractivity contribution in [1.29, 1.82) is 0 Å². The highest BCUT2D eigenvalue weighted by Gasteiger charge is 2.25. The first-order valence-electron chi connectivity index (χ1n) is 4.98. The summed E-state index contributed by atoms with van der Waals surface area (Å²) in [5.74, 6) is -1.83. The third kappa shape index (κ3) is 2.56. The fourth-order valence-electron chi connectivity index (χ4n) is 1.40. The molecule has 2 atom stereocenters. The molecule has 1 aromatic rings. The Kier molecular flexibility index (Phi) is 3.85. The fraction of sp³-hybridized carbons (Fsp3) is 0.600. The molecule has 1 heterocycles. The first-order valence-corrected chi connectivity index (χ1v) is 4.98. The van der Waals surface area contributed by atoms with E-state index in [0.717, 1.165) is 13.0 Å². The zero-order valence-electron chi connectivity index (χ0n) is 8.92. The average Bonchev–Trinajstić information content (AvgIpc) is 2.64. The van der Waals surface area contributed by atoms with Crippen LogP contribution in [0.4, 0.5) is 0 Å². The van der Waals surface area contributed by atoms with E-state index in [0.29, 0.717) is 5.69 Å². The summed E-state index contributed by atoms with van der Waals surface area (Å²) in [6, 6.07) is 0. The van der Waals surface area contributed by atoms with E-state index in [1.54, 1.807) is 10.9 Å². The standard InChI is InChI=1S/C10H16N2O3/c1-3-4-12-6-11-5-8(12)9(13)7(2)10(14)15/h5-7,9,13H,3-4H2,1-2H3,(H,14,15). The second kappa shape index (κ2) is 4.93. The molecule has 2 unspecified atom stereocenters. The molecule has 0 bridgehead atoms. The summed E-state index contributed by atoms with van der Waals surface area (Å²) in [6.07, 6.45) is 3.03. The molecule has 0 amide bonds. The molecule has 0 spiro atoms. The van der Waals surface area contributed by atoms with Crippen molar-refractivity contribution in [2.45, 2.75) is 32.9 Å². The first kappa shape index (κ1) is 11.7. The quantitative estimate of drug-likeness (QED) is 0.764. The minimum atomic E-state index is -1.01. The van der Waals surface area contributed by atoms with E-state index in [-0.39, 0.29) is 0 Å². The Morgan fingerprint density at radius 2 is 2.33 bits per heavy atom. The summed E-state index contributed by atoms with van der Waals surface area (Å²) in [5, 5.41) is 18.6. The average molecular weight is 212 g/mol. The van der Waals surface area contributed by atoms with Crippen molar-refractivity contribution < 1.29 is 15.0 Å². The smallest absolute Gasteiger partial charge is 0.309 e. The van der Waals surface area contributed by atoms with Crippen molar-refractivity contribution in [3.05, 3.63) is 18.2 Å². The first-order chi connectivity index (χ1) is 7.07. The lowest BCUT2D eigenvalue weighted by Crippen LogP contribution is -2.21. The summed E-state index contributed by atoms with van der Waals surface area (Å²) >= 11 is 0. The van der Waals surface area contributed by atoms with Crippen LogP contribution in [-0.2, 0) is 11.3 Å². The molecule has 0 aliphatic carbocycles. The zero-order valence-corrected chi connectivity index (χ0v) is 8.92. The Morgan fingerprint density at radius 3 is 2.87 bits per heavy atom. The Bertz CT molecular complexity index is 335. The summed E-state index contributed by atoms with van der Waals surface area (Å²) in [7, 11) is 0. The van der Waals surface area contributed by atoms with Crippen molar-refractivity contribution in [3.8, 4) is 0 Å². The Balaban J connectivity index is 2.85. The second-order valence-corrected chi connectivity index (χ2v) is 3.58. The number of hydrogen-bond donors (Lipinski definition) is 2. The van der Waals surface area contributed by atoms with Crippen molar-refractivity contribution in [2.24, 2.45) is 5.92 Å². The van der Waals surface area contributed by atoms with Crippen LogP contribution >= 0.6 is 0 Å². The van der Waals surface area contributed by atoms with Gasteiger partial charge in [-0.3, -0.25) is 4.79 Å². The number of nitrogens with zero attached hydrogens (tertiary/aromatic N) is 2. The Labute approximate surface area is 88.4 Å².